The van der Waals surface area contributed by atoms with Crippen LogP contribution in [0.3, 0.4) is 0 Å². The molecule has 0 amide bonds. The average molecular weight is 302 g/mol. The zero-order chi connectivity index (χ0) is 15.4. The van der Waals surface area contributed by atoms with Crippen LogP contribution < -0.4 is 0 Å². The molecular formula is C22H37. The molecule has 0 unspecified atom stereocenters. The Balaban J connectivity index is 1.40. The zero-order valence-electron chi connectivity index (χ0n) is 15.0. The summed E-state index contributed by atoms with van der Waals surface area (Å²) in [7, 11) is 0. The van der Waals surface area contributed by atoms with E-state index in [-0.39, 0.29) is 0 Å². The first kappa shape index (κ1) is 16.6. The van der Waals surface area contributed by atoms with Gasteiger partial charge in [0.05, 0.1) is 0 Å². The third-order valence-corrected chi connectivity index (χ3v) is 7.21. The van der Waals surface area contributed by atoms with Gasteiger partial charge in [-0.05, 0) is 107 Å². The molecule has 0 N–H and O–H groups in total. The van der Waals surface area contributed by atoms with Crippen molar-refractivity contribution in [3.05, 3.63) is 18.1 Å². The van der Waals surface area contributed by atoms with Crippen LogP contribution in [-0.2, 0) is 0 Å². The normalized spacial score (nSPS) is 39.4. The molecule has 0 atom stereocenters. The van der Waals surface area contributed by atoms with Crippen LogP contribution in [0.4, 0.5) is 0 Å². The Hall–Kier alpha value is -0.260. The molecule has 3 aliphatic rings. The molecule has 3 fully saturated rings. The summed E-state index contributed by atoms with van der Waals surface area (Å²) >= 11 is 0. The molecule has 3 aliphatic carbocycles. The SMILES string of the molecule is C/C=C/C1CC[C](C2CCC(C3CCC(C)CC3)CC2)CC1. The lowest BCUT2D eigenvalue weighted by Gasteiger charge is -2.40. The van der Waals surface area contributed by atoms with Crippen molar-refractivity contribution in [3.63, 3.8) is 0 Å². The number of allylic oxidation sites excluding steroid dienone is 2. The maximum absolute atomic E-state index is 2.45. The van der Waals surface area contributed by atoms with Crippen molar-refractivity contribution in [2.24, 2.45) is 29.6 Å². The largest absolute Gasteiger partial charge is 0.0914 e. The van der Waals surface area contributed by atoms with E-state index >= 15 is 0 Å². The standard InChI is InChI=1S/C22H37/c1-3-4-18-7-11-20(12-8-18)22-15-13-21(14-16-22)19-9-5-17(2)6-10-19/h3-4,17-19,21-22H,5-16H2,1-2H3/b4-3+. The smallest absolute Gasteiger partial charge is 0.0210 e. The van der Waals surface area contributed by atoms with Crippen molar-refractivity contribution >= 4 is 0 Å². The van der Waals surface area contributed by atoms with Gasteiger partial charge in [-0.25, -0.2) is 0 Å². The summed E-state index contributed by atoms with van der Waals surface area (Å²) in [4.78, 5) is 0. The maximum Gasteiger partial charge on any atom is -0.0210 e. The Morgan fingerprint density at radius 3 is 1.82 bits per heavy atom. The maximum atomic E-state index is 2.45. The lowest BCUT2D eigenvalue weighted by atomic mass is 9.65. The van der Waals surface area contributed by atoms with Crippen LogP contribution in [0.25, 0.3) is 0 Å². The first-order valence-corrected chi connectivity index (χ1v) is 10.2. The number of rotatable bonds is 3. The predicted molar refractivity (Wildman–Crippen MR) is 96.6 cm³/mol. The molecule has 0 aromatic carbocycles. The zero-order valence-corrected chi connectivity index (χ0v) is 15.0. The van der Waals surface area contributed by atoms with E-state index in [0.717, 1.165) is 29.6 Å². The molecule has 0 heterocycles. The highest BCUT2D eigenvalue weighted by atomic mass is 14.4. The fraction of sp³-hybridized carbons (Fsp3) is 0.864. The number of hydrogen-bond donors (Lipinski definition) is 0. The second-order valence-corrected chi connectivity index (χ2v) is 8.65. The fourth-order valence-corrected chi connectivity index (χ4v) is 5.64. The van der Waals surface area contributed by atoms with Crippen molar-refractivity contribution in [3.8, 4) is 0 Å². The van der Waals surface area contributed by atoms with E-state index in [1.54, 1.807) is 12.8 Å². The van der Waals surface area contributed by atoms with Crippen LogP contribution in [0.15, 0.2) is 12.2 Å². The number of hydrogen-bond acceptors (Lipinski definition) is 0. The van der Waals surface area contributed by atoms with Gasteiger partial charge in [0.15, 0.2) is 0 Å². The summed E-state index contributed by atoms with van der Waals surface area (Å²) < 4.78 is 0. The highest BCUT2D eigenvalue weighted by Crippen LogP contribution is 2.46. The van der Waals surface area contributed by atoms with Crippen molar-refractivity contribution in [2.75, 3.05) is 0 Å². The lowest BCUT2D eigenvalue weighted by Crippen LogP contribution is -2.28. The molecule has 0 nitrogen and oxygen atoms in total. The third kappa shape index (κ3) is 4.18. The molecule has 0 aromatic heterocycles. The minimum Gasteiger partial charge on any atom is -0.0914 e. The van der Waals surface area contributed by atoms with Gasteiger partial charge in [0.2, 0.25) is 0 Å². The first-order chi connectivity index (χ1) is 10.8. The first-order valence-electron chi connectivity index (χ1n) is 10.2. The van der Waals surface area contributed by atoms with E-state index in [1.807, 2.05) is 5.92 Å². The molecule has 3 saturated carbocycles. The second kappa shape index (κ2) is 8.02. The van der Waals surface area contributed by atoms with Crippen LogP contribution in [0.2, 0.25) is 0 Å². The molecule has 22 heavy (non-hydrogen) atoms. The van der Waals surface area contributed by atoms with Crippen molar-refractivity contribution in [1.82, 2.24) is 0 Å². The molecule has 0 saturated heterocycles. The minimum atomic E-state index is 0.884. The fourth-order valence-electron chi connectivity index (χ4n) is 5.64. The topological polar surface area (TPSA) is 0 Å². The van der Waals surface area contributed by atoms with Gasteiger partial charge < -0.3 is 0 Å². The van der Waals surface area contributed by atoms with Gasteiger partial charge >= 0.3 is 0 Å². The van der Waals surface area contributed by atoms with E-state index in [2.05, 4.69) is 26.0 Å². The Morgan fingerprint density at radius 1 is 0.727 bits per heavy atom. The molecule has 125 valence electrons. The van der Waals surface area contributed by atoms with Crippen LogP contribution in [0.5, 0.6) is 0 Å². The van der Waals surface area contributed by atoms with Gasteiger partial charge in [0, 0.05) is 0 Å². The Bertz CT molecular complexity index is 331. The second-order valence-electron chi connectivity index (χ2n) is 8.65. The average Bonchev–Trinajstić information content (AvgIpc) is 2.57. The Morgan fingerprint density at radius 2 is 1.27 bits per heavy atom. The van der Waals surface area contributed by atoms with E-state index in [4.69, 9.17) is 0 Å². The summed E-state index contributed by atoms with van der Waals surface area (Å²) in [5.74, 6) is 7.03. The van der Waals surface area contributed by atoms with E-state index in [0.29, 0.717) is 0 Å². The summed E-state index contributed by atoms with van der Waals surface area (Å²) in [6.07, 6.45) is 22.7. The van der Waals surface area contributed by atoms with E-state index < -0.39 is 0 Å². The van der Waals surface area contributed by atoms with Gasteiger partial charge in [0.25, 0.3) is 0 Å². The molecular weight excluding hydrogens is 264 g/mol. The van der Waals surface area contributed by atoms with Crippen LogP contribution in [-0.4, -0.2) is 0 Å². The molecule has 0 heteroatoms. The van der Waals surface area contributed by atoms with Crippen molar-refractivity contribution < 1.29 is 0 Å². The van der Waals surface area contributed by atoms with Crippen LogP contribution in [0, 0.1) is 35.5 Å². The van der Waals surface area contributed by atoms with Gasteiger partial charge in [-0.15, -0.1) is 0 Å². The van der Waals surface area contributed by atoms with Crippen LogP contribution >= 0.6 is 0 Å². The molecule has 3 rings (SSSR count). The van der Waals surface area contributed by atoms with Gasteiger partial charge in [-0.1, -0.05) is 31.9 Å². The molecule has 0 spiro atoms. The predicted octanol–water partition coefficient (Wildman–Crippen LogP) is 6.96. The van der Waals surface area contributed by atoms with Crippen LogP contribution in [0.1, 0.15) is 90.9 Å². The summed E-state index contributed by atoms with van der Waals surface area (Å²) in [5, 5.41) is 0. The minimum absolute atomic E-state index is 0.884. The Labute approximate surface area is 139 Å². The quantitative estimate of drug-likeness (QED) is 0.494. The highest BCUT2D eigenvalue weighted by Gasteiger charge is 2.34. The molecule has 0 aromatic rings. The van der Waals surface area contributed by atoms with E-state index in [9.17, 15) is 0 Å². The molecule has 0 bridgehead atoms. The lowest BCUT2D eigenvalue weighted by molar-refractivity contribution is 0.148. The van der Waals surface area contributed by atoms with Crippen molar-refractivity contribution in [2.45, 2.75) is 90.9 Å². The van der Waals surface area contributed by atoms with Gasteiger partial charge in [-0.3, -0.25) is 0 Å². The molecule has 0 aliphatic heterocycles. The monoisotopic (exact) mass is 301 g/mol. The summed E-state index contributed by atoms with van der Waals surface area (Å²) in [6, 6.07) is 0. The third-order valence-electron chi connectivity index (χ3n) is 7.21. The van der Waals surface area contributed by atoms with Gasteiger partial charge in [0.1, 0.15) is 0 Å². The van der Waals surface area contributed by atoms with Crippen molar-refractivity contribution in [1.29, 1.82) is 0 Å². The highest BCUT2D eigenvalue weighted by molar-refractivity contribution is 5.04. The van der Waals surface area contributed by atoms with E-state index in [1.165, 1.54) is 64.2 Å². The van der Waals surface area contributed by atoms with Gasteiger partial charge in [-0.2, -0.15) is 0 Å². The summed E-state index contributed by atoms with van der Waals surface area (Å²) in [6.45, 7) is 4.63. The Kier molecular flexibility index (Phi) is 6.05. The molecule has 1 radical (unpaired) electrons. The summed E-state index contributed by atoms with van der Waals surface area (Å²) in [5.41, 5.74) is 0.